The lowest BCUT2D eigenvalue weighted by molar-refractivity contribution is -0.137. The molecule has 0 unspecified atom stereocenters. The minimum absolute atomic E-state index is 0.226. The van der Waals surface area contributed by atoms with Crippen molar-refractivity contribution in [3.63, 3.8) is 0 Å². The van der Waals surface area contributed by atoms with Crippen LogP contribution in [0.2, 0.25) is 0 Å². The van der Waals surface area contributed by atoms with E-state index in [0.29, 0.717) is 21.1 Å². The second-order valence-corrected chi connectivity index (χ2v) is 7.22. The van der Waals surface area contributed by atoms with Crippen LogP contribution in [0.4, 0.5) is 18.3 Å². The van der Waals surface area contributed by atoms with Crippen molar-refractivity contribution in [2.75, 3.05) is 11.9 Å². The summed E-state index contributed by atoms with van der Waals surface area (Å²) in [5, 5.41) is 5.38. The van der Waals surface area contributed by atoms with E-state index in [1.807, 2.05) is 0 Å². The van der Waals surface area contributed by atoms with Gasteiger partial charge in [0.15, 0.2) is 5.13 Å². The normalized spacial score (nSPS) is 11.1. The molecule has 3 rings (SSSR count). The summed E-state index contributed by atoms with van der Waals surface area (Å²) in [6.45, 7) is -0.226. The molecule has 0 radical (unpaired) electrons. The zero-order chi connectivity index (χ0) is 20.9. The van der Waals surface area contributed by atoms with Crippen LogP contribution < -0.4 is 10.6 Å². The number of aromatic nitrogens is 1. The van der Waals surface area contributed by atoms with Crippen LogP contribution in [0.5, 0.6) is 0 Å². The summed E-state index contributed by atoms with van der Waals surface area (Å²) < 4.78 is 38.4. The highest BCUT2D eigenvalue weighted by molar-refractivity contribution is 7.15. The fraction of sp³-hybridized carbons (Fsp3) is 0.150. The molecule has 0 fully saturated rings. The number of hydrogen-bond acceptors (Lipinski definition) is 4. The van der Waals surface area contributed by atoms with Gasteiger partial charge in [-0.3, -0.25) is 9.59 Å². The summed E-state index contributed by atoms with van der Waals surface area (Å²) in [4.78, 5) is 28.7. The molecule has 9 heteroatoms. The third-order valence-corrected chi connectivity index (χ3v) is 4.79. The van der Waals surface area contributed by atoms with Crippen LogP contribution in [0.1, 0.15) is 26.4 Å². The molecule has 1 aromatic heterocycles. The lowest BCUT2D eigenvalue weighted by Gasteiger charge is -2.07. The molecule has 0 saturated carbocycles. The van der Waals surface area contributed by atoms with E-state index >= 15 is 0 Å². The lowest BCUT2D eigenvalue weighted by Crippen LogP contribution is -2.32. The first kappa shape index (κ1) is 20.5. The number of alkyl halides is 3. The topological polar surface area (TPSA) is 71.1 Å². The molecule has 2 amide bonds. The van der Waals surface area contributed by atoms with Crippen LogP contribution in [0, 0.1) is 0 Å². The SMILES string of the molecule is O=C(CNC(=O)c1ccccc1)Nc1ncc(Cc2cccc(C(F)(F)F)c2)s1. The third-order valence-electron chi connectivity index (χ3n) is 3.88. The Kier molecular flexibility index (Phi) is 6.28. The van der Waals surface area contributed by atoms with Crippen molar-refractivity contribution in [1.82, 2.24) is 10.3 Å². The van der Waals surface area contributed by atoms with Gasteiger partial charge in [0.1, 0.15) is 0 Å². The number of anilines is 1. The van der Waals surface area contributed by atoms with Crippen LogP contribution in [0.3, 0.4) is 0 Å². The Morgan fingerprint density at radius 3 is 2.52 bits per heavy atom. The van der Waals surface area contributed by atoms with Gasteiger partial charge in [-0.1, -0.05) is 36.4 Å². The summed E-state index contributed by atoms with van der Waals surface area (Å²) in [6.07, 6.45) is -2.63. The molecular weight excluding hydrogens is 403 g/mol. The summed E-state index contributed by atoms with van der Waals surface area (Å²) in [5.41, 5.74) is 0.233. The number of nitrogens with one attached hydrogen (secondary N) is 2. The molecular formula is C20H16F3N3O2S. The molecule has 29 heavy (non-hydrogen) atoms. The molecule has 0 bridgehead atoms. The number of carbonyl (C=O) groups is 2. The Labute approximate surface area is 168 Å². The van der Waals surface area contributed by atoms with Gasteiger partial charge in [0.25, 0.3) is 5.91 Å². The quantitative estimate of drug-likeness (QED) is 0.631. The number of thiazole rings is 1. The van der Waals surface area contributed by atoms with Gasteiger partial charge >= 0.3 is 6.18 Å². The zero-order valence-electron chi connectivity index (χ0n) is 15.0. The van der Waals surface area contributed by atoms with Crippen LogP contribution in [0.25, 0.3) is 0 Å². The van der Waals surface area contributed by atoms with Gasteiger partial charge in [-0.05, 0) is 23.8 Å². The largest absolute Gasteiger partial charge is 0.416 e. The number of amides is 2. The molecule has 5 nitrogen and oxygen atoms in total. The number of rotatable bonds is 6. The van der Waals surface area contributed by atoms with Crippen molar-refractivity contribution < 1.29 is 22.8 Å². The highest BCUT2D eigenvalue weighted by Gasteiger charge is 2.30. The number of carbonyl (C=O) groups excluding carboxylic acids is 2. The van der Waals surface area contributed by atoms with Gasteiger partial charge in [0, 0.05) is 23.1 Å². The van der Waals surface area contributed by atoms with E-state index in [1.54, 1.807) is 36.4 Å². The van der Waals surface area contributed by atoms with Crippen LogP contribution >= 0.6 is 11.3 Å². The maximum Gasteiger partial charge on any atom is 0.416 e. The number of hydrogen-bond donors (Lipinski definition) is 2. The highest BCUT2D eigenvalue weighted by atomic mass is 32.1. The Morgan fingerprint density at radius 1 is 1.03 bits per heavy atom. The fourth-order valence-corrected chi connectivity index (χ4v) is 3.38. The van der Waals surface area contributed by atoms with E-state index < -0.39 is 17.6 Å². The smallest absolute Gasteiger partial charge is 0.343 e. The predicted octanol–water partition coefficient (Wildman–Crippen LogP) is 4.12. The van der Waals surface area contributed by atoms with Crippen molar-refractivity contribution >= 4 is 28.3 Å². The molecule has 0 spiro atoms. The first-order chi connectivity index (χ1) is 13.8. The number of nitrogens with zero attached hydrogens (tertiary/aromatic N) is 1. The molecule has 3 aromatic rings. The standard InChI is InChI=1S/C20H16F3N3O2S/c21-20(22,23)15-8-4-5-13(9-15)10-16-11-25-19(29-16)26-17(27)12-24-18(28)14-6-2-1-3-7-14/h1-9,11H,10,12H2,(H,24,28)(H,25,26,27). The van der Waals surface area contributed by atoms with E-state index in [0.717, 1.165) is 23.5 Å². The van der Waals surface area contributed by atoms with Crippen molar-refractivity contribution in [2.24, 2.45) is 0 Å². The van der Waals surface area contributed by atoms with Gasteiger partial charge in [0.2, 0.25) is 5.91 Å². The average Bonchev–Trinajstić information content (AvgIpc) is 3.13. The average molecular weight is 419 g/mol. The molecule has 150 valence electrons. The van der Waals surface area contributed by atoms with Crippen molar-refractivity contribution in [2.45, 2.75) is 12.6 Å². The van der Waals surface area contributed by atoms with Crippen LogP contribution in [-0.4, -0.2) is 23.3 Å². The molecule has 2 aromatic carbocycles. The van der Waals surface area contributed by atoms with Crippen LogP contribution in [-0.2, 0) is 17.4 Å². The van der Waals surface area contributed by atoms with Gasteiger partial charge in [-0.15, -0.1) is 11.3 Å². The summed E-state index contributed by atoms with van der Waals surface area (Å²) in [6, 6.07) is 13.6. The van der Waals surface area contributed by atoms with Gasteiger partial charge in [-0.2, -0.15) is 13.2 Å². The molecule has 0 aliphatic rings. The first-order valence-corrected chi connectivity index (χ1v) is 9.37. The molecule has 0 atom stereocenters. The Balaban J connectivity index is 1.54. The maximum absolute atomic E-state index is 12.8. The first-order valence-electron chi connectivity index (χ1n) is 8.55. The Morgan fingerprint density at radius 2 is 1.79 bits per heavy atom. The van der Waals surface area contributed by atoms with Crippen molar-refractivity contribution in [1.29, 1.82) is 0 Å². The minimum atomic E-state index is -4.40. The summed E-state index contributed by atoms with van der Waals surface area (Å²) in [5.74, 6) is -0.820. The summed E-state index contributed by atoms with van der Waals surface area (Å²) in [7, 11) is 0. The second kappa shape index (κ2) is 8.87. The lowest BCUT2D eigenvalue weighted by atomic mass is 10.1. The summed E-state index contributed by atoms with van der Waals surface area (Å²) >= 11 is 1.16. The maximum atomic E-state index is 12.8. The highest BCUT2D eigenvalue weighted by Crippen LogP contribution is 2.30. The number of halogens is 3. The monoisotopic (exact) mass is 419 g/mol. The molecule has 0 aliphatic heterocycles. The minimum Gasteiger partial charge on any atom is -0.343 e. The van der Waals surface area contributed by atoms with Crippen LogP contribution in [0.15, 0.2) is 60.8 Å². The van der Waals surface area contributed by atoms with Gasteiger partial charge in [-0.25, -0.2) is 4.98 Å². The van der Waals surface area contributed by atoms with Crippen molar-refractivity contribution in [3.05, 3.63) is 82.4 Å². The van der Waals surface area contributed by atoms with E-state index in [-0.39, 0.29) is 18.9 Å². The fourth-order valence-electron chi connectivity index (χ4n) is 2.52. The van der Waals surface area contributed by atoms with E-state index in [2.05, 4.69) is 15.6 Å². The molecule has 0 saturated heterocycles. The second-order valence-electron chi connectivity index (χ2n) is 6.10. The Bertz CT molecular complexity index is 1000. The van der Waals surface area contributed by atoms with E-state index in [4.69, 9.17) is 0 Å². The molecule has 0 aliphatic carbocycles. The van der Waals surface area contributed by atoms with Crippen molar-refractivity contribution in [3.8, 4) is 0 Å². The molecule has 1 heterocycles. The third kappa shape index (κ3) is 5.89. The zero-order valence-corrected chi connectivity index (χ0v) is 15.8. The van der Waals surface area contributed by atoms with E-state index in [9.17, 15) is 22.8 Å². The van der Waals surface area contributed by atoms with E-state index in [1.165, 1.54) is 12.3 Å². The molecule has 2 N–H and O–H groups in total. The number of benzene rings is 2. The Hall–Kier alpha value is -3.20. The van der Waals surface area contributed by atoms with Gasteiger partial charge in [0.05, 0.1) is 12.1 Å². The predicted molar refractivity (Wildman–Crippen MR) is 104 cm³/mol. The van der Waals surface area contributed by atoms with Gasteiger partial charge < -0.3 is 10.6 Å².